The van der Waals surface area contributed by atoms with Crippen molar-refractivity contribution in [1.82, 2.24) is 19.9 Å². The van der Waals surface area contributed by atoms with Gasteiger partial charge in [-0.05, 0) is 12.1 Å². The molecule has 6 heteroatoms. The third kappa shape index (κ3) is 1.63. The van der Waals surface area contributed by atoms with E-state index in [1.54, 1.807) is 6.20 Å². The summed E-state index contributed by atoms with van der Waals surface area (Å²) in [5.74, 6) is -0.989. The molecule has 2 heterocycles. The van der Waals surface area contributed by atoms with E-state index >= 15 is 0 Å². The van der Waals surface area contributed by atoms with Crippen LogP contribution in [0.15, 0.2) is 30.7 Å². The van der Waals surface area contributed by atoms with Gasteiger partial charge in [0.25, 0.3) is 0 Å². The van der Waals surface area contributed by atoms with E-state index in [4.69, 9.17) is 0 Å². The van der Waals surface area contributed by atoms with Crippen LogP contribution in [0.2, 0.25) is 0 Å². The van der Waals surface area contributed by atoms with Crippen LogP contribution >= 0.6 is 0 Å². The van der Waals surface area contributed by atoms with Gasteiger partial charge in [-0.25, -0.2) is 23.7 Å². The van der Waals surface area contributed by atoms with Crippen molar-refractivity contribution in [2.24, 2.45) is 0 Å². The Kier molecular flexibility index (Phi) is 2.07. The zero-order valence-corrected chi connectivity index (χ0v) is 8.48. The average molecular weight is 232 g/mol. The highest BCUT2D eigenvalue weighted by Gasteiger charge is 2.11. The van der Waals surface area contributed by atoms with Gasteiger partial charge in [0.15, 0.2) is 5.65 Å². The number of aromatic nitrogens is 4. The molecule has 0 unspecified atom stereocenters. The topological polar surface area (TPSA) is 54.5 Å². The van der Waals surface area contributed by atoms with Crippen molar-refractivity contribution in [2.45, 2.75) is 0 Å². The Labute approximate surface area is 94.4 Å². The number of nitrogens with zero attached hydrogens (tertiary/aromatic N) is 3. The molecule has 0 fully saturated rings. The minimum absolute atomic E-state index is 0.199. The minimum Gasteiger partial charge on any atom is -0.335 e. The second-order valence-corrected chi connectivity index (χ2v) is 3.47. The van der Waals surface area contributed by atoms with E-state index in [1.165, 1.54) is 18.5 Å². The van der Waals surface area contributed by atoms with Crippen LogP contribution in [0.5, 0.6) is 0 Å². The summed E-state index contributed by atoms with van der Waals surface area (Å²) >= 11 is 0. The molecule has 17 heavy (non-hydrogen) atoms. The summed E-state index contributed by atoms with van der Waals surface area (Å²) in [5.41, 5.74) is 1.24. The summed E-state index contributed by atoms with van der Waals surface area (Å²) in [4.78, 5) is 14.7. The summed E-state index contributed by atoms with van der Waals surface area (Å²) < 4.78 is 26.3. The highest BCUT2D eigenvalue weighted by atomic mass is 19.1. The Hall–Kier alpha value is -2.37. The number of benzene rings is 1. The number of halogens is 2. The largest absolute Gasteiger partial charge is 0.335 e. The Morgan fingerprint density at radius 1 is 1.18 bits per heavy atom. The van der Waals surface area contributed by atoms with Crippen LogP contribution < -0.4 is 0 Å². The summed E-state index contributed by atoms with van der Waals surface area (Å²) in [6.07, 6.45) is 2.90. The third-order valence-corrected chi connectivity index (χ3v) is 2.35. The lowest BCUT2D eigenvalue weighted by Gasteiger charge is -1.98. The molecule has 0 bridgehead atoms. The van der Waals surface area contributed by atoms with Crippen molar-refractivity contribution in [3.8, 4) is 11.4 Å². The van der Waals surface area contributed by atoms with Gasteiger partial charge >= 0.3 is 0 Å². The van der Waals surface area contributed by atoms with E-state index in [0.717, 1.165) is 6.07 Å². The minimum atomic E-state index is -0.669. The van der Waals surface area contributed by atoms with Crippen molar-refractivity contribution in [3.05, 3.63) is 42.4 Å². The summed E-state index contributed by atoms with van der Waals surface area (Å²) in [7, 11) is 0. The monoisotopic (exact) mass is 232 g/mol. The van der Waals surface area contributed by atoms with Crippen LogP contribution in [0, 0.1) is 11.6 Å². The first-order valence-electron chi connectivity index (χ1n) is 4.85. The number of rotatable bonds is 1. The third-order valence-electron chi connectivity index (χ3n) is 2.35. The Bertz CT molecular complexity index is 660. The van der Waals surface area contributed by atoms with Gasteiger partial charge in [0.1, 0.15) is 29.3 Å². The van der Waals surface area contributed by atoms with Crippen molar-refractivity contribution in [1.29, 1.82) is 0 Å². The van der Waals surface area contributed by atoms with Gasteiger partial charge < -0.3 is 4.98 Å². The quantitative estimate of drug-likeness (QED) is 0.700. The first kappa shape index (κ1) is 9.83. The first-order valence-corrected chi connectivity index (χ1v) is 4.85. The molecule has 1 aromatic carbocycles. The molecule has 0 aliphatic carbocycles. The Balaban J connectivity index is 2.20. The van der Waals surface area contributed by atoms with E-state index in [9.17, 15) is 8.78 Å². The fourth-order valence-electron chi connectivity index (χ4n) is 1.57. The maximum atomic E-state index is 13.5. The predicted octanol–water partition coefficient (Wildman–Crippen LogP) is 2.30. The second kappa shape index (κ2) is 3.58. The summed E-state index contributed by atoms with van der Waals surface area (Å²) in [6.45, 7) is 0. The number of hydrogen-bond donors (Lipinski definition) is 1. The normalized spacial score (nSPS) is 10.9. The Morgan fingerprint density at radius 3 is 2.82 bits per heavy atom. The SMILES string of the molecule is Fc1ccc(-c2nc3ncncc3[nH]2)c(F)c1. The number of fused-ring (bicyclic) bond motifs is 1. The van der Waals surface area contributed by atoms with Crippen LogP contribution in [0.25, 0.3) is 22.6 Å². The molecule has 0 saturated carbocycles. The van der Waals surface area contributed by atoms with Gasteiger partial charge in [0.05, 0.1) is 11.8 Å². The average Bonchev–Trinajstić information content (AvgIpc) is 2.72. The van der Waals surface area contributed by atoms with Crippen molar-refractivity contribution in [3.63, 3.8) is 0 Å². The molecular weight excluding hydrogens is 226 g/mol. The lowest BCUT2D eigenvalue weighted by atomic mass is 10.2. The first-order chi connectivity index (χ1) is 8.24. The van der Waals surface area contributed by atoms with Gasteiger partial charge in [-0.3, -0.25) is 0 Å². The standard InChI is InChI=1S/C11H6F2N4/c12-6-1-2-7(8(13)3-6)10-16-9-4-14-5-15-11(9)17-10/h1-5H,(H,14,15,16,17). The van der Waals surface area contributed by atoms with Crippen molar-refractivity contribution in [2.75, 3.05) is 0 Å². The molecule has 0 radical (unpaired) electrons. The van der Waals surface area contributed by atoms with Crippen LogP contribution in [-0.4, -0.2) is 19.9 Å². The highest BCUT2D eigenvalue weighted by Crippen LogP contribution is 2.22. The highest BCUT2D eigenvalue weighted by molar-refractivity contribution is 5.74. The number of aromatic amines is 1. The van der Waals surface area contributed by atoms with E-state index in [0.29, 0.717) is 17.0 Å². The van der Waals surface area contributed by atoms with Crippen molar-refractivity contribution >= 4 is 11.2 Å². The van der Waals surface area contributed by atoms with Crippen molar-refractivity contribution < 1.29 is 8.78 Å². The zero-order valence-electron chi connectivity index (χ0n) is 8.48. The van der Waals surface area contributed by atoms with E-state index in [2.05, 4.69) is 19.9 Å². The molecule has 84 valence electrons. The van der Waals surface area contributed by atoms with E-state index in [1.807, 2.05) is 0 Å². The van der Waals surface area contributed by atoms with Gasteiger partial charge in [-0.15, -0.1) is 0 Å². The predicted molar refractivity (Wildman–Crippen MR) is 57.0 cm³/mol. The molecule has 3 aromatic rings. The number of nitrogens with one attached hydrogen (secondary N) is 1. The maximum Gasteiger partial charge on any atom is 0.181 e. The van der Waals surface area contributed by atoms with Crippen LogP contribution in [-0.2, 0) is 0 Å². The molecule has 0 atom stereocenters. The van der Waals surface area contributed by atoms with Gasteiger partial charge in [0.2, 0.25) is 0 Å². The van der Waals surface area contributed by atoms with Crippen LogP contribution in [0.1, 0.15) is 0 Å². The van der Waals surface area contributed by atoms with E-state index in [-0.39, 0.29) is 5.56 Å². The Morgan fingerprint density at radius 2 is 2.06 bits per heavy atom. The molecule has 3 rings (SSSR count). The smallest absolute Gasteiger partial charge is 0.181 e. The van der Waals surface area contributed by atoms with Crippen LogP contribution in [0.4, 0.5) is 8.78 Å². The molecule has 0 aliphatic heterocycles. The molecule has 2 aromatic heterocycles. The summed E-state index contributed by atoms with van der Waals surface area (Å²) in [5, 5.41) is 0. The molecule has 1 N–H and O–H groups in total. The number of hydrogen-bond acceptors (Lipinski definition) is 3. The lowest BCUT2D eigenvalue weighted by molar-refractivity contribution is 0.585. The molecule has 0 aliphatic rings. The molecule has 4 nitrogen and oxygen atoms in total. The fraction of sp³-hybridized carbons (Fsp3) is 0. The van der Waals surface area contributed by atoms with Gasteiger partial charge in [-0.1, -0.05) is 0 Å². The fourth-order valence-corrected chi connectivity index (χ4v) is 1.57. The molecule has 0 amide bonds. The maximum absolute atomic E-state index is 13.5. The second-order valence-electron chi connectivity index (χ2n) is 3.47. The molecule has 0 saturated heterocycles. The van der Waals surface area contributed by atoms with Crippen LogP contribution in [0.3, 0.4) is 0 Å². The van der Waals surface area contributed by atoms with Gasteiger partial charge in [-0.2, -0.15) is 0 Å². The molecule has 0 spiro atoms. The molecular formula is C11H6F2N4. The summed E-state index contributed by atoms with van der Waals surface area (Å²) in [6, 6.07) is 3.32. The lowest BCUT2D eigenvalue weighted by Crippen LogP contribution is -1.87. The van der Waals surface area contributed by atoms with Gasteiger partial charge in [0, 0.05) is 6.07 Å². The zero-order chi connectivity index (χ0) is 11.8. The van der Waals surface area contributed by atoms with E-state index < -0.39 is 11.6 Å². The number of imidazole rings is 1. The number of H-pyrrole nitrogens is 1.